The van der Waals surface area contributed by atoms with Crippen molar-refractivity contribution in [3.8, 4) is 11.1 Å². The number of carbonyl (C=O) groups is 2. The fraction of sp³-hybridized carbons (Fsp3) is 0.333. The monoisotopic (exact) mass is 357 g/mol. The Morgan fingerprint density at radius 2 is 1.85 bits per heavy atom. The van der Waals surface area contributed by atoms with Crippen molar-refractivity contribution in [2.75, 3.05) is 11.9 Å². The minimum absolute atomic E-state index is 0.122. The minimum Gasteiger partial charge on any atom is -0.450 e. The largest absolute Gasteiger partial charge is 0.450 e. The number of carbonyl (C=O) groups excluding carboxylic acids is 2. The molecule has 0 aliphatic heterocycles. The molecule has 0 aliphatic carbocycles. The van der Waals surface area contributed by atoms with E-state index in [2.05, 4.69) is 5.32 Å². The molecule has 2 aromatic rings. The van der Waals surface area contributed by atoms with Crippen molar-refractivity contribution in [1.82, 2.24) is 0 Å². The number of ether oxygens (including phenoxy) is 1. The van der Waals surface area contributed by atoms with Crippen molar-refractivity contribution in [1.29, 1.82) is 0 Å². The predicted molar refractivity (Wildman–Crippen MR) is 101 cm³/mol. The smallest absolute Gasteiger partial charge is 0.411 e. The van der Waals surface area contributed by atoms with Gasteiger partial charge in [-0.15, -0.1) is 0 Å². The zero-order valence-electron chi connectivity index (χ0n) is 15.6. The van der Waals surface area contributed by atoms with E-state index in [4.69, 9.17) is 4.74 Å². The highest BCUT2D eigenvalue weighted by molar-refractivity contribution is 6.05. The second kappa shape index (κ2) is 8.61. The van der Waals surface area contributed by atoms with Gasteiger partial charge in [-0.2, -0.15) is 0 Å². The maximum absolute atomic E-state index is 14.8. The Hall–Kier alpha value is -2.69. The first-order valence-corrected chi connectivity index (χ1v) is 8.78. The molecule has 1 N–H and O–H groups in total. The van der Waals surface area contributed by atoms with Crippen molar-refractivity contribution >= 4 is 17.6 Å². The summed E-state index contributed by atoms with van der Waals surface area (Å²) in [6.45, 7) is 7.27. The van der Waals surface area contributed by atoms with Gasteiger partial charge in [-0.3, -0.25) is 10.1 Å². The van der Waals surface area contributed by atoms with Gasteiger partial charge in [0.05, 0.1) is 17.9 Å². The Labute approximate surface area is 153 Å². The first-order valence-electron chi connectivity index (χ1n) is 8.78. The molecule has 0 saturated carbocycles. The Balaban J connectivity index is 2.57. The molecule has 0 radical (unpaired) electrons. The molecule has 5 heteroatoms. The maximum Gasteiger partial charge on any atom is 0.411 e. The van der Waals surface area contributed by atoms with Gasteiger partial charge in [-0.25, -0.2) is 9.18 Å². The lowest BCUT2D eigenvalue weighted by molar-refractivity contribution is 0.0936. The Bertz CT molecular complexity index is 815. The van der Waals surface area contributed by atoms with Crippen LogP contribution in [0.5, 0.6) is 0 Å². The number of halogens is 1. The second-order valence-corrected chi connectivity index (χ2v) is 6.30. The van der Waals surface area contributed by atoms with Crippen molar-refractivity contribution in [3.63, 3.8) is 0 Å². The van der Waals surface area contributed by atoms with E-state index in [9.17, 15) is 14.0 Å². The summed E-state index contributed by atoms with van der Waals surface area (Å²) in [4.78, 5) is 24.3. The highest BCUT2D eigenvalue weighted by Gasteiger charge is 2.22. The molecule has 0 heterocycles. The van der Waals surface area contributed by atoms with Crippen LogP contribution in [0.15, 0.2) is 36.4 Å². The summed E-state index contributed by atoms with van der Waals surface area (Å²) in [5, 5.41) is 2.50. The molecular weight excluding hydrogens is 333 g/mol. The summed E-state index contributed by atoms with van der Waals surface area (Å²) < 4.78 is 19.7. The van der Waals surface area contributed by atoms with Crippen LogP contribution in [0.1, 0.15) is 43.6 Å². The maximum atomic E-state index is 14.8. The Morgan fingerprint density at radius 3 is 2.46 bits per heavy atom. The van der Waals surface area contributed by atoms with Crippen LogP contribution >= 0.6 is 0 Å². The molecule has 4 nitrogen and oxygen atoms in total. The third kappa shape index (κ3) is 4.48. The molecule has 2 rings (SSSR count). The van der Waals surface area contributed by atoms with Gasteiger partial charge in [0.1, 0.15) is 5.82 Å². The van der Waals surface area contributed by atoms with Gasteiger partial charge in [-0.1, -0.05) is 45.0 Å². The predicted octanol–water partition coefficient (Wildman–Crippen LogP) is 5.46. The zero-order valence-corrected chi connectivity index (χ0v) is 15.6. The number of hydrogen-bond acceptors (Lipinski definition) is 3. The van der Waals surface area contributed by atoms with E-state index >= 15 is 0 Å². The minimum atomic E-state index is -0.718. The molecule has 0 aromatic heterocycles. The van der Waals surface area contributed by atoms with Crippen molar-refractivity contribution in [2.24, 2.45) is 5.92 Å². The van der Waals surface area contributed by atoms with Crippen LogP contribution in [0.3, 0.4) is 0 Å². The van der Waals surface area contributed by atoms with E-state index in [1.54, 1.807) is 26.8 Å². The standard InChI is InChI=1S/C21H24FNO3/c1-5-14-8-7-9-15(10-14)16-11-17(22)19(20(24)13(3)4)18(12-16)23-21(25)26-6-2/h7-13H,5-6H2,1-4H3,(H,23,25). The number of amides is 1. The van der Waals surface area contributed by atoms with Gasteiger partial charge in [0.25, 0.3) is 0 Å². The number of ketones is 1. The van der Waals surface area contributed by atoms with Crippen LogP contribution in [0.25, 0.3) is 11.1 Å². The van der Waals surface area contributed by atoms with Crippen LogP contribution in [0, 0.1) is 11.7 Å². The number of anilines is 1. The highest BCUT2D eigenvalue weighted by Crippen LogP contribution is 2.31. The van der Waals surface area contributed by atoms with Crippen LogP contribution in [0.2, 0.25) is 0 Å². The number of Topliss-reactive ketones (excluding diaryl/α,β-unsaturated/α-hetero) is 1. The third-order valence-electron chi connectivity index (χ3n) is 4.04. The van der Waals surface area contributed by atoms with Crippen molar-refractivity contribution in [2.45, 2.75) is 34.1 Å². The lowest BCUT2D eigenvalue weighted by Crippen LogP contribution is -2.19. The summed E-state index contributed by atoms with van der Waals surface area (Å²) >= 11 is 0. The molecule has 0 fully saturated rings. The lowest BCUT2D eigenvalue weighted by Gasteiger charge is -2.15. The van der Waals surface area contributed by atoms with Crippen LogP contribution < -0.4 is 5.32 Å². The first-order chi connectivity index (χ1) is 12.4. The number of benzene rings is 2. The molecule has 2 aromatic carbocycles. The zero-order chi connectivity index (χ0) is 19.3. The van der Waals surface area contributed by atoms with Gasteiger partial charge in [0, 0.05) is 5.92 Å². The molecule has 0 bridgehead atoms. The molecule has 1 amide bonds. The molecule has 0 unspecified atom stereocenters. The number of hydrogen-bond donors (Lipinski definition) is 1. The summed E-state index contributed by atoms with van der Waals surface area (Å²) in [5.41, 5.74) is 2.52. The van der Waals surface area contributed by atoms with Crippen molar-refractivity contribution < 1.29 is 18.7 Å². The number of aryl methyl sites for hydroxylation is 1. The Morgan fingerprint density at radius 1 is 1.12 bits per heavy atom. The average Bonchev–Trinajstić information content (AvgIpc) is 2.61. The quantitative estimate of drug-likeness (QED) is 0.698. The molecule has 26 heavy (non-hydrogen) atoms. The molecule has 0 saturated heterocycles. The van der Waals surface area contributed by atoms with Crippen molar-refractivity contribution in [3.05, 3.63) is 53.3 Å². The van der Waals surface area contributed by atoms with Crippen LogP contribution in [-0.4, -0.2) is 18.5 Å². The molecule has 0 aliphatic rings. The average molecular weight is 357 g/mol. The molecule has 138 valence electrons. The van der Waals surface area contributed by atoms with E-state index in [-0.39, 0.29) is 23.6 Å². The van der Waals surface area contributed by atoms with E-state index in [0.717, 1.165) is 17.5 Å². The molecule has 0 atom stereocenters. The SMILES string of the molecule is CCOC(=O)Nc1cc(-c2cccc(CC)c2)cc(F)c1C(=O)C(C)C. The van der Waals surface area contributed by atoms with Gasteiger partial charge < -0.3 is 4.74 Å². The van der Waals surface area contributed by atoms with E-state index < -0.39 is 17.8 Å². The fourth-order valence-electron chi connectivity index (χ4n) is 2.66. The van der Waals surface area contributed by atoms with Gasteiger partial charge in [0.2, 0.25) is 0 Å². The molecular formula is C21H24FNO3. The second-order valence-electron chi connectivity index (χ2n) is 6.30. The van der Waals surface area contributed by atoms with Crippen LogP contribution in [-0.2, 0) is 11.2 Å². The highest BCUT2D eigenvalue weighted by atomic mass is 19.1. The van der Waals surface area contributed by atoms with E-state index in [1.165, 1.54) is 6.07 Å². The topological polar surface area (TPSA) is 55.4 Å². The molecule has 0 spiro atoms. The fourth-order valence-corrected chi connectivity index (χ4v) is 2.66. The number of nitrogens with one attached hydrogen (secondary N) is 1. The van der Waals surface area contributed by atoms with Gasteiger partial charge in [-0.05, 0) is 42.2 Å². The van der Waals surface area contributed by atoms with E-state index in [0.29, 0.717) is 5.56 Å². The normalized spacial score (nSPS) is 10.7. The number of rotatable bonds is 6. The summed E-state index contributed by atoms with van der Waals surface area (Å²) in [6, 6.07) is 10.7. The summed E-state index contributed by atoms with van der Waals surface area (Å²) in [6.07, 6.45) is 0.137. The van der Waals surface area contributed by atoms with Gasteiger partial charge in [0.15, 0.2) is 5.78 Å². The van der Waals surface area contributed by atoms with E-state index in [1.807, 2.05) is 31.2 Å². The Kier molecular flexibility index (Phi) is 6.50. The summed E-state index contributed by atoms with van der Waals surface area (Å²) in [7, 11) is 0. The lowest BCUT2D eigenvalue weighted by atomic mass is 9.94. The van der Waals surface area contributed by atoms with Gasteiger partial charge >= 0.3 is 6.09 Å². The third-order valence-corrected chi connectivity index (χ3v) is 4.04. The first kappa shape index (κ1) is 19.6. The summed E-state index contributed by atoms with van der Waals surface area (Å²) in [5.74, 6) is -1.43. The van der Waals surface area contributed by atoms with Crippen LogP contribution in [0.4, 0.5) is 14.9 Å².